The van der Waals surface area contributed by atoms with E-state index in [-0.39, 0.29) is 5.91 Å². The van der Waals surface area contributed by atoms with Gasteiger partial charge in [-0.3, -0.25) is 9.69 Å². The summed E-state index contributed by atoms with van der Waals surface area (Å²) in [6.07, 6.45) is 6.18. The van der Waals surface area contributed by atoms with Crippen molar-refractivity contribution in [2.24, 2.45) is 0 Å². The third-order valence-corrected chi connectivity index (χ3v) is 7.03. The van der Waals surface area contributed by atoms with Gasteiger partial charge in [-0.05, 0) is 60.4 Å². The van der Waals surface area contributed by atoms with Gasteiger partial charge in [0, 0.05) is 30.8 Å². The highest BCUT2D eigenvalue weighted by Crippen LogP contribution is 2.28. The van der Waals surface area contributed by atoms with Crippen LogP contribution in [0.5, 0.6) is 0 Å². The molecule has 1 N–H and O–H groups in total. The molecule has 0 spiro atoms. The van der Waals surface area contributed by atoms with Crippen LogP contribution in [0, 0.1) is 0 Å². The number of benzene rings is 1. The van der Waals surface area contributed by atoms with E-state index in [1.807, 2.05) is 29.6 Å². The zero-order chi connectivity index (χ0) is 19.6. The number of nitrogens with zero attached hydrogens (tertiary/aromatic N) is 2. The fraction of sp³-hybridized carbons (Fsp3) is 0.391. The largest absolute Gasteiger partial charge is 0.355 e. The van der Waals surface area contributed by atoms with Crippen LogP contribution in [0.4, 0.5) is 0 Å². The standard InChI is InChI=1S/C23H25N3O2S/c27-23(24-15-19-14-21(28-25-19)22-5-2-12-29-22)18-7-6-16-8-10-26(20-3-1-4-20)11-9-17(16)13-18/h2,5-7,12-14,20H,1,3-4,8-11,15H2,(H,24,27). The number of amides is 1. The Balaban J connectivity index is 1.21. The number of aromatic nitrogens is 1. The van der Waals surface area contributed by atoms with E-state index in [1.54, 1.807) is 11.3 Å². The molecule has 5 nitrogen and oxygen atoms in total. The summed E-state index contributed by atoms with van der Waals surface area (Å²) < 4.78 is 5.38. The predicted octanol–water partition coefficient (Wildman–Crippen LogP) is 4.29. The van der Waals surface area contributed by atoms with Crippen molar-refractivity contribution in [2.75, 3.05) is 13.1 Å². The molecule has 1 aliphatic carbocycles. The number of carbonyl (C=O) groups is 1. The van der Waals surface area contributed by atoms with Crippen LogP contribution >= 0.6 is 11.3 Å². The molecule has 2 aliphatic rings. The van der Waals surface area contributed by atoms with Crippen LogP contribution in [-0.2, 0) is 19.4 Å². The van der Waals surface area contributed by atoms with Gasteiger partial charge in [-0.1, -0.05) is 23.7 Å². The number of hydrogen-bond donors (Lipinski definition) is 1. The van der Waals surface area contributed by atoms with Crippen LogP contribution in [0.1, 0.15) is 46.4 Å². The van der Waals surface area contributed by atoms with Gasteiger partial charge in [-0.25, -0.2) is 0 Å². The Kier molecular flexibility index (Phi) is 5.21. The maximum Gasteiger partial charge on any atom is 0.251 e. The van der Waals surface area contributed by atoms with Crippen LogP contribution in [0.3, 0.4) is 0 Å². The summed E-state index contributed by atoms with van der Waals surface area (Å²) in [6.45, 7) is 2.61. The van der Waals surface area contributed by atoms with Crippen molar-refractivity contribution in [1.82, 2.24) is 15.4 Å². The summed E-state index contributed by atoms with van der Waals surface area (Å²) in [7, 11) is 0. The number of nitrogens with one attached hydrogen (secondary N) is 1. The topological polar surface area (TPSA) is 58.4 Å². The minimum atomic E-state index is -0.0615. The molecule has 6 heteroatoms. The average Bonchev–Trinajstić information content (AvgIpc) is 3.35. The fourth-order valence-electron chi connectivity index (χ4n) is 4.20. The first-order valence-corrected chi connectivity index (χ1v) is 11.3. The van der Waals surface area contributed by atoms with Gasteiger partial charge in [0.2, 0.25) is 0 Å². The summed E-state index contributed by atoms with van der Waals surface area (Å²) in [4.78, 5) is 16.4. The van der Waals surface area contributed by atoms with E-state index in [9.17, 15) is 4.79 Å². The molecule has 3 aromatic rings. The number of thiophene rings is 1. The highest BCUT2D eigenvalue weighted by atomic mass is 32.1. The number of hydrogen-bond acceptors (Lipinski definition) is 5. The summed E-state index contributed by atoms with van der Waals surface area (Å²) in [5, 5.41) is 9.05. The van der Waals surface area contributed by atoms with Gasteiger partial charge < -0.3 is 9.84 Å². The maximum atomic E-state index is 12.7. The van der Waals surface area contributed by atoms with Crippen molar-refractivity contribution in [1.29, 1.82) is 0 Å². The summed E-state index contributed by atoms with van der Waals surface area (Å²) >= 11 is 1.61. The lowest BCUT2D eigenvalue weighted by atomic mass is 9.91. The molecule has 1 saturated carbocycles. The molecule has 150 valence electrons. The molecule has 0 bridgehead atoms. The highest BCUT2D eigenvalue weighted by Gasteiger charge is 2.26. The quantitative estimate of drug-likeness (QED) is 0.686. The Morgan fingerprint density at radius 3 is 2.79 bits per heavy atom. The molecule has 1 amide bonds. The van der Waals surface area contributed by atoms with Gasteiger partial charge >= 0.3 is 0 Å². The van der Waals surface area contributed by atoms with Gasteiger partial charge in [-0.15, -0.1) is 11.3 Å². The average molecular weight is 408 g/mol. The smallest absolute Gasteiger partial charge is 0.251 e. The van der Waals surface area contributed by atoms with Crippen LogP contribution in [0.2, 0.25) is 0 Å². The van der Waals surface area contributed by atoms with Crippen LogP contribution in [-0.4, -0.2) is 35.1 Å². The second-order valence-electron chi connectivity index (χ2n) is 7.95. The van der Waals surface area contributed by atoms with Gasteiger partial charge in [0.1, 0.15) is 5.69 Å². The lowest BCUT2D eigenvalue weighted by Gasteiger charge is -2.36. The summed E-state index contributed by atoms with van der Waals surface area (Å²) in [6, 6.07) is 12.8. The van der Waals surface area contributed by atoms with Crippen molar-refractivity contribution in [3.63, 3.8) is 0 Å². The first kappa shape index (κ1) is 18.6. The molecule has 1 aromatic carbocycles. The highest BCUT2D eigenvalue weighted by molar-refractivity contribution is 7.13. The van der Waals surface area contributed by atoms with Gasteiger partial charge in [-0.2, -0.15) is 0 Å². The van der Waals surface area contributed by atoms with Crippen molar-refractivity contribution in [2.45, 2.75) is 44.7 Å². The van der Waals surface area contributed by atoms with E-state index in [0.717, 1.165) is 53.9 Å². The maximum absolute atomic E-state index is 12.7. The normalized spacial score (nSPS) is 17.4. The molecule has 5 rings (SSSR count). The lowest BCUT2D eigenvalue weighted by Crippen LogP contribution is -2.41. The van der Waals surface area contributed by atoms with E-state index in [4.69, 9.17) is 4.52 Å². The molecule has 2 aromatic heterocycles. The van der Waals surface area contributed by atoms with E-state index < -0.39 is 0 Å². The zero-order valence-corrected chi connectivity index (χ0v) is 17.2. The Labute approximate surface area is 174 Å². The summed E-state index contributed by atoms with van der Waals surface area (Å²) in [5.41, 5.74) is 4.16. The van der Waals surface area contributed by atoms with E-state index in [2.05, 4.69) is 27.5 Å². The number of rotatable bonds is 5. The second kappa shape index (κ2) is 8.13. The second-order valence-corrected chi connectivity index (χ2v) is 8.89. The third-order valence-electron chi connectivity index (χ3n) is 6.15. The molecule has 1 aliphatic heterocycles. The van der Waals surface area contributed by atoms with Crippen molar-refractivity contribution < 1.29 is 9.32 Å². The molecule has 0 saturated heterocycles. The lowest BCUT2D eigenvalue weighted by molar-refractivity contribution is 0.0950. The van der Waals surface area contributed by atoms with Crippen molar-refractivity contribution in [3.05, 3.63) is 64.2 Å². The SMILES string of the molecule is O=C(NCc1cc(-c2cccs2)on1)c1ccc2c(c1)CCN(C1CCC1)CC2. The number of carbonyl (C=O) groups excluding carboxylic acids is 1. The molecule has 3 heterocycles. The molecule has 0 radical (unpaired) electrons. The van der Waals surface area contributed by atoms with E-state index in [0.29, 0.717) is 6.54 Å². The Bertz CT molecular complexity index is 991. The van der Waals surface area contributed by atoms with Gasteiger partial charge in [0.25, 0.3) is 5.91 Å². The van der Waals surface area contributed by atoms with E-state index >= 15 is 0 Å². The monoisotopic (exact) mass is 407 g/mol. The van der Waals surface area contributed by atoms with Crippen molar-refractivity contribution >= 4 is 17.2 Å². The van der Waals surface area contributed by atoms with Crippen LogP contribution in [0.25, 0.3) is 10.6 Å². The van der Waals surface area contributed by atoms with Gasteiger partial charge in [0.15, 0.2) is 5.76 Å². The molecular weight excluding hydrogens is 382 g/mol. The predicted molar refractivity (Wildman–Crippen MR) is 114 cm³/mol. The first-order chi connectivity index (χ1) is 14.3. The Morgan fingerprint density at radius 2 is 2.03 bits per heavy atom. The number of fused-ring (bicyclic) bond motifs is 1. The molecule has 0 unspecified atom stereocenters. The zero-order valence-electron chi connectivity index (χ0n) is 16.4. The fourth-order valence-corrected chi connectivity index (χ4v) is 4.88. The Hall–Kier alpha value is -2.44. The van der Waals surface area contributed by atoms with Gasteiger partial charge in [0.05, 0.1) is 11.4 Å². The minimum absolute atomic E-state index is 0.0615. The van der Waals surface area contributed by atoms with Crippen LogP contribution < -0.4 is 5.32 Å². The summed E-state index contributed by atoms with van der Waals surface area (Å²) in [5.74, 6) is 0.680. The van der Waals surface area contributed by atoms with Crippen molar-refractivity contribution in [3.8, 4) is 10.6 Å². The molecule has 0 atom stereocenters. The molecule has 29 heavy (non-hydrogen) atoms. The third kappa shape index (κ3) is 4.00. The Morgan fingerprint density at radius 1 is 1.17 bits per heavy atom. The minimum Gasteiger partial charge on any atom is -0.355 e. The molecular formula is C23H25N3O2S. The first-order valence-electron chi connectivity index (χ1n) is 10.4. The van der Waals surface area contributed by atoms with Crippen LogP contribution in [0.15, 0.2) is 46.3 Å². The van der Waals surface area contributed by atoms with E-state index in [1.165, 1.54) is 30.4 Å². The molecule has 1 fully saturated rings.